The van der Waals surface area contributed by atoms with Crippen LogP contribution >= 0.6 is 0 Å². The van der Waals surface area contributed by atoms with Crippen molar-refractivity contribution in [2.45, 2.75) is 38.8 Å². The zero-order valence-electron chi connectivity index (χ0n) is 14.5. The zero-order chi connectivity index (χ0) is 17.2. The van der Waals surface area contributed by atoms with E-state index >= 15 is 0 Å². The van der Waals surface area contributed by atoms with Crippen LogP contribution in [0.4, 0.5) is 0 Å². The quantitative estimate of drug-likeness (QED) is 0.652. The molecule has 2 fully saturated rings. The number of sulfone groups is 1. The lowest BCUT2D eigenvalue weighted by Gasteiger charge is -2.23. The van der Waals surface area contributed by atoms with Crippen molar-refractivity contribution >= 4 is 15.8 Å². The van der Waals surface area contributed by atoms with Crippen LogP contribution < -0.4 is 5.32 Å². The maximum atomic E-state index is 11.6. The molecule has 0 spiro atoms. The van der Waals surface area contributed by atoms with Gasteiger partial charge in [-0.2, -0.15) is 0 Å². The molecule has 0 amide bonds. The summed E-state index contributed by atoms with van der Waals surface area (Å²) in [5.74, 6) is 1.66. The molecule has 1 atom stereocenters. The van der Waals surface area contributed by atoms with Crippen LogP contribution in [0.15, 0.2) is 29.3 Å². The molecular weight excluding hydrogens is 322 g/mol. The SMILES string of the molecule is Cc1ccc(CN(C)C(=NCC2CCS(=O)(=O)C2)NC2CC2)cc1. The fourth-order valence-corrected chi connectivity index (χ4v) is 4.81. The molecule has 2 aliphatic rings. The number of hydrogen-bond donors (Lipinski definition) is 1. The van der Waals surface area contributed by atoms with Crippen molar-refractivity contribution in [2.24, 2.45) is 10.9 Å². The Morgan fingerprint density at radius 2 is 1.96 bits per heavy atom. The molecule has 5 nitrogen and oxygen atoms in total. The molecule has 0 aromatic heterocycles. The molecule has 0 bridgehead atoms. The maximum absolute atomic E-state index is 11.6. The maximum Gasteiger partial charge on any atom is 0.194 e. The van der Waals surface area contributed by atoms with E-state index < -0.39 is 9.84 Å². The second-order valence-corrected chi connectivity index (χ2v) is 9.42. The summed E-state index contributed by atoms with van der Waals surface area (Å²) in [7, 11) is -0.789. The van der Waals surface area contributed by atoms with Gasteiger partial charge in [0.05, 0.1) is 11.5 Å². The van der Waals surface area contributed by atoms with Crippen molar-refractivity contribution in [1.29, 1.82) is 0 Å². The molecule has 1 N–H and O–H groups in total. The number of nitrogens with one attached hydrogen (secondary N) is 1. The molecule has 1 saturated heterocycles. The summed E-state index contributed by atoms with van der Waals surface area (Å²) < 4.78 is 23.2. The molecular formula is C18H27N3O2S. The van der Waals surface area contributed by atoms with Crippen LogP contribution in [0.1, 0.15) is 30.4 Å². The largest absolute Gasteiger partial charge is 0.354 e. The summed E-state index contributed by atoms with van der Waals surface area (Å²) in [6, 6.07) is 9.06. The van der Waals surface area contributed by atoms with E-state index in [1.54, 1.807) is 0 Å². The summed E-state index contributed by atoms with van der Waals surface area (Å²) in [5, 5.41) is 3.49. The number of aryl methyl sites for hydroxylation is 1. The van der Waals surface area contributed by atoms with E-state index in [4.69, 9.17) is 4.99 Å². The average molecular weight is 350 g/mol. The van der Waals surface area contributed by atoms with E-state index in [2.05, 4.69) is 41.4 Å². The first-order chi connectivity index (χ1) is 11.4. The van der Waals surface area contributed by atoms with E-state index in [-0.39, 0.29) is 11.7 Å². The molecule has 1 aliphatic heterocycles. The first kappa shape index (κ1) is 17.3. The normalized spacial score (nSPS) is 23.2. The number of hydrogen-bond acceptors (Lipinski definition) is 3. The van der Waals surface area contributed by atoms with Crippen LogP contribution in [-0.2, 0) is 16.4 Å². The van der Waals surface area contributed by atoms with E-state index in [0.717, 1.165) is 18.9 Å². The van der Waals surface area contributed by atoms with Gasteiger partial charge in [0, 0.05) is 26.2 Å². The highest BCUT2D eigenvalue weighted by Crippen LogP contribution is 2.21. The minimum absolute atomic E-state index is 0.166. The van der Waals surface area contributed by atoms with Crippen LogP contribution in [0.5, 0.6) is 0 Å². The van der Waals surface area contributed by atoms with Crippen molar-refractivity contribution in [3.05, 3.63) is 35.4 Å². The van der Waals surface area contributed by atoms with Gasteiger partial charge in [-0.1, -0.05) is 29.8 Å². The van der Waals surface area contributed by atoms with Gasteiger partial charge in [0.2, 0.25) is 0 Å². The smallest absolute Gasteiger partial charge is 0.194 e. The Morgan fingerprint density at radius 1 is 1.25 bits per heavy atom. The Kier molecular flexibility index (Phi) is 5.13. The standard InChI is InChI=1S/C18H27N3O2S/c1-14-3-5-15(6-4-14)12-21(2)18(20-17-7-8-17)19-11-16-9-10-24(22,23)13-16/h3-6,16-17H,7-13H2,1-2H3,(H,19,20). The lowest BCUT2D eigenvalue weighted by molar-refractivity contribution is 0.470. The van der Waals surface area contributed by atoms with E-state index in [1.807, 2.05) is 7.05 Å². The summed E-state index contributed by atoms with van der Waals surface area (Å²) in [6.07, 6.45) is 3.12. The Balaban J connectivity index is 1.63. The van der Waals surface area contributed by atoms with Crippen molar-refractivity contribution in [2.75, 3.05) is 25.1 Å². The van der Waals surface area contributed by atoms with Crippen molar-refractivity contribution < 1.29 is 8.42 Å². The lowest BCUT2D eigenvalue weighted by atomic mass is 10.1. The van der Waals surface area contributed by atoms with Gasteiger partial charge in [-0.25, -0.2) is 8.42 Å². The van der Waals surface area contributed by atoms with Crippen molar-refractivity contribution in [1.82, 2.24) is 10.2 Å². The Labute approximate surface area is 145 Å². The first-order valence-corrected chi connectivity index (χ1v) is 10.5. The molecule has 24 heavy (non-hydrogen) atoms. The topological polar surface area (TPSA) is 61.8 Å². The molecule has 1 heterocycles. The highest BCUT2D eigenvalue weighted by atomic mass is 32.2. The molecule has 1 saturated carbocycles. The molecule has 1 aromatic rings. The van der Waals surface area contributed by atoms with Crippen LogP contribution in [-0.4, -0.2) is 50.4 Å². The second-order valence-electron chi connectivity index (χ2n) is 7.19. The van der Waals surface area contributed by atoms with Crippen LogP contribution in [0, 0.1) is 12.8 Å². The third kappa shape index (κ3) is 4.97. The summed E-state index contributed by atoms with van der Waals surface area (Å²) >= 11 is 0. The molecule has 1 aromatic carbocycles. The van der Waals surface area contributed by atoms with Gasteiger partial charge >= 0.3 is 0 Å². The molecule has 6 heteroatoms. The summed E-state index contributed by atoms with van der Waals surface area (Å²) in [5.41, 5.74) is 2.51. The minimum Gasteiger partial charge on any atom is -0.354 e. The average Bonchev–Trinajstić information content (AvgIpc) is 3.28. The molecule has 1 aliphatic carbocycles. The van der Waals surface area contributed by atoms with Gasteiger partial charge in [0.1, 0.15) is 0 Å². The fourth-order valence-electron chi connectivity index (χ4n) is 2.96. The van der Waals surface area contributed by atoms with Crippen LogP contribution in [0.2, 0.25) is 0 Å². The number of nitrogens with zero attached hydrogens (tertiary/aromatic N) is 2. The second kappa shape index (κ2) is 7.13. The third-order valence-electron chi connectivity index (χ3n) is 4.64. The zero-order valence-corrected chi connectivity index (χ0v) is 15.3. The third-order valence-corrected chi connectivity index (χ3v) is 6.48. The van der Waals surface area contributed by atoms with E-state index in [1.165, 1.54) is 24.0 Å². The van der Waals surface area contributed by atoms with Gasteiger partial charge < -0.3 is 10.2 Å². The summed E-state index contributed by atoms with van der Waals surface area (Å²) in [4.78, 5) is 6.86. The Hall–Kier alpha value is -1.56. The molecule has 132 valence electrons. The number of guanidine groups is 1. The van der Waals surface area contributed by atoms with Gasteiger partial charge in [-0.15, -0.1) is 0 Å². The van der Waals surface area contributed by atoms with Crippen LogP contribution in [0.3, 0.4) is 0 Å². The van der Waals surface area contributed by atoms with Crippen molar-refractivity contribution in [3.63, 3.8) is 0 Å². The van der Waals surface area contributed by atoms with Crippen LogP contribution in [0.25, 0.3) is 0 Å². The number of benzene rings is 1. The lowest BCUT2D eigenvalue weighted by Crippen LogP contribution is -2.40. The Bertz CT molecular complexity index is 693. The minimum atomic E-state index is -2.83. The van der Waals surface area contributed by atoms with Gasteiger partial charge in [0.15, 0.2) is 15.8 Å². The molecule has 3 rings (SSSR count). The highest BCUT2D eigenvalue weighted by Gasteiger charge is 2.28. The van der Waals surface area contributed by atoms with Gasteiger partial charge in [-0.3, -0.25) is 4.99 Å². The number of rotatable bonds is 5. The molecule has 1 unspecified atom stereocenters. The Morgan fingerprint density at radius 3 is 2.54 bits per heavy atom. The highest BCUT2D eigenvalue weighted by molar-refractivity contribution is 7.91. The van der Waals surface area contributed by atoms with Crippen molar-refractivity contribution in [3.8, 4) is 0 Å². The van der Waals surface area contributed by atoms with Gasteiger partial charge in [-0.05, 0) is 37.7 Å². The van der Waals surface area contributed by atoms with Gasteiger partial charge in [0.25, 0.3) is 0 Å². The summed E-state index contributed by atoms with van der Waals surface area (Å²) in [6.45, 7) is 3.47. The number of aliphatic imine (C=N–C) groups is 1. The van der Waals surface area contributed by atoms with E-state index in [0.29, 0.717) is 18.3 Å². The predicted molar refractivity (Wildman–Crippen MR) is 97.9 cm³/mol. The fraction of sp³-hybridized carbons (Fsp3) is 0.611. The monoisotopic (exact) mass is 349 g/mol. The first-order valence-electron chi connectivity index (χ1n) is 8.69. The molecule has 0 radical (unpaired) electrons. The van der Waals surface area contributed by atoms with E-state index in [9.17, 15) is 8.42 Å². The predicted octanol–water partition coefficient (Wildman–Crippen LogP) is 1.97.